The number of aromatic nitrogens is 2. The Hall–Kier alpha value is -1.46. The van der Waals surface area contributed by atoms with Crippen LogP contribution in [0.1, 0.15) is 23.7 Å². The summed E-state index contributed by atoms with van der Waals surface area (Å²) in [6.45, 7) is 2.29. The molecule has 2 aromatic heterocycles. The van der Waals surface area contributed by atoms with Gasteiger partial charge in [0.2, 0.25) is 0 Å². The molecule has 2 heterocycles. The van der Waals surface area contributed by atoms with Crippen molar-refractivity contribution in [3.8, 4) is 0 Å². The number of halogens is 3. The summed E-state index contributed by atoms with van der Waals surface area (Å²) in [5.41, 5.74) is 1.78. The lowest BCUT2D eigenvalue weighted by Crippen LogP contribution is -2.07. The molecule has 6 heteroatoms. The standard InChI is InChI=1S/C15H13ClF2N2S/c1-9(16)15-19-12-3-2-11(17)13(18)14(12)20(15)6-4-10-5-7-21-8-10/h2-3,5,7-9H,4,6H2,1H3. The van der Waals surface area contributed by atoms with Gasteiger partial charge in [-0.3, -0.25) is 0 Å². The zero-order chi connectivity index (χ0) is 15.0. The van der Waals surface area contributed by atoms with E-state index in [1.165, 1.54) is 6.07 Å². The molecular formula is C15H13ClF2N2S. The van der Waals surface area contributed by atoms with E-state index in [-0.39, 0.29) is 10.9 Å². The highest BCUT2D eigenvalue weighted by Crippen LogP contribution is 2.28. The van der Waals surface area contributed by atoms with Crippen molar-refractivity contribution in [2.24, 2.45) is 0 Å². The molecule has 0 aliphatic heterocycles. The van der Waals surface area contributed by atoms with Crippen LogP contribution in [0.5, 0.6) is 0 Å². The van der Waals surface area contributed by atoms with Crippen molar-refractivity contribution in [3.05, 3.63) is 52.0 Å². The monoisotopic (exact) mass is 326 g/mol. The predicted molar refractivity (Wildman–Crippen MR) is 81.9 cm³/mol. The zero-order valence-corrected chi connectivity index (χ0v) is 12.9. The molecule has 1 aromatic carbocycles. The van der Waals surface area contributed by atoms with Gasteiger partial charge in [0.1, 0.15) is 11.3 Å². The minimum Gasteiger partial charge on any atom is -0.324 e. The number of hydrogen-bond donors (Lipinski definition) is 0. The number of thiophene rings is 1. The van der Waals surface area contributed by atoms with E-state index in [9.17, 15) is 8.78 Å². The lowest BCUT2D eigenvalue weighted by molar-refractivity contribution is 0.510. The van der Waals surface area contributed by atoms with Crippen molar-refractivity contribution in [1.82, 2.24) is 9.55 Å². The second-order valence-electron chi connectivity index (χ2n) is 4.85. The van der Waals surface area contributed by atoms with Gasteiger partial charge in [0.15, 0.2) is 11.6 Å². The topological polar surface area (TPSA) is 17.8 Å². The van der Waals surface area contributed by atoms with Crippen molar-refractivity contribution < 1.29 is 8.78 Å². The van der Waals surface area contributed by atoms with Gasteiger partial charge in [0.25, 0.3) is 0 Å². The van der Waals surface area contributed by atoms with Crippen LogP contribution in [0.2, 0.25) is 0 Å². The molecule has 3 rings (SSSR count). The van der Waals surface area contributed by atoms with E-state index in [4.69, 9.17) is 11.6 Å². The third kappa shape index (κ3) is 2.68. The predicted octanol–water partition coefficient (Wildman–Crippen LogP) is 4.92. The van der Waals surface area contributed by atoms with Crippen LogP contribution < -0.4 is 0 Å². The average molecular weight is 327 g/mol. The largest absolute Gasteiger partial charge is 0.324 e. The Bertz CT molecular complexity index is 766. The van der Waals surface area contributed by atoms with Gasteiger partial charge in [-0.25, -0.2) is 13.8 Å². The van der Waals surface area contributed by atoms with Crippen LogP contribution in [-0.2, 0) is 13.0 Å². The van der Waals surface area contributed by atoms with Gasteiger partial charge in [0.05, 0.1) is 10.9 Å². The SMILES string of the molecule is CC(Cl)c1nc2ccc(F)c(F)c2n1CCc1ccsc1. The van der Waals surface area contributed by atoms with Gasteiger partial charge in [-0.15, -0.1) is 11.6 Å². The van der Waals surface area contributed by atoms with Crippen molar-refractivity contribution >= 4 is 34.0 Å². The number of imidazole rings is 1. The van der Waals surface area contributed by atoms with Crippen LogP contribution in [-0.4, -0.2) is 9.55 Å². The first kappa shape index (κ1) is 14.5. The summed E-state index contributed by atoms with van der Waals surface area (Å²) in [6.07, 6.45) is 0.724. The minimum absolute atomic E-state index is 0.188. The number of benzene rings is 1. The average Bonchev–Trinajstić information content (AvgIpc) is 3.08. The summed E-state index contributed by atoms with van der Waals surface area (Å²) >= 11 is 7.75. The third-order valence-corrected chi connectivity index (χ3v) is 4.32. The van der Waals surface area contributed by atoms with Crippen LogP contribution in [0, 0.1) is 11.6 Å². The Morgan fingerprint density at radius 1 is 1.33 bits per heavy atom. The molecule has 3 aromatic rings. The van der Waals surface area contributed by atoms with E-state index < -0.39 is 11.6 Å². The number of alkyl halides is 1. The summed E-state index contributed by atoms with van der Waals surface area (Å²) in [6, 6.07) is 4.60. The molecule has 110 valence electrons. The molecule has 0 aliphatic rings. The highest BCUT2D eigenvalue weighted by molar-refractivity contribution is 7.07. The van der Waals surface area contributed by atoms with Crippen molar-refractivity contribution in [2.45, 2.75) is 25.3 Å². The Balaban J connectivity index is 2.08. The Morgan fingerprint density at radius 3 is 2.81 bits per heavy atom. The van der Waals surface area contributed by atoms with Crippen LogP contribution in [0.3, 0.4) is 0 Å². The number of hydrogen-bond acceptors (Lipinski definition) is 2. The maximum Gasteiger partial charge on any atom is 0.184 e. The van der Waals surface area contributed by atoms with Crippen molar-refractivity contribution in [3.63, 3.8) is 0 Å². The Kier molecular flexibility index (Phi) is 3.95. The van der Waals surface area contributed by atoms with Crippen LogP contribution in [0.4, 0.5) is 8.78 Å². The lowest BCUT2D eigenvalue weighted by Gasteiger charge is -2.10. The summed E-state index contributed by atoms with van der Waals surface area (Å²) in [5, 5.41) is 3.66. The quantitative estimate of drug-likeness (QED) is 0.622. The first-order valence-electron chi connectivity index (χ1n) is 6.57. The van der Waals surface area contributed by atoms with Gasteiger partial charge < -0.3 is 4.57 Å². The summed E-state index contributed by atoms with van der Waals surface area (Å²) in [4.78, 5) is 4.34. The fourth-order valence-electron chi connectivity index (χ4n) is 2.38. The number of rotatable bonds is 4. The summed E-state index contributed by atoms with van der Waals surface area (Å²) < 4.78 is 29.3. The van der Waals surface area contributed by atoms with Crippen LogP contribution >= 0.6 is 22.9 Å². The molecule has 0 bridgehead atoms. The molecule has 0 amide bonds. The summed E-state index contributed by atoms with van der Waals surface area (Å²) in [5.74, 6) is -1.17. The van der Waals surface area contributed by atoms with Gasteiger partial charge in [-0.1, -0.05) is 0 Å². The van der Waals surface area contributed by atoms with Crippen molar-refractivity contribution in [2.75, 3.05) is 0 Å². The molecule has 0 saturated heterocycles. The van der Waals surface area contributed by atoms with E-state index in [0.717, 1.165) is 18.1 Å². The molecule has 0 aliphatic carbocycles. The molecular weight excluding hydrogens is 314 g/mol. The molecule has 0 N–H and O–H groups in total. The molecule has 21 heavy (non-hydrogen) atoms. The van der Waals surface area contributed by atoms with Gasteiger partial charge >= 0.3 is 0 Å². The third-order valence-electron chi connectivity index (χ3n) is 3.39. The zero-order valence-electron chi connectivity index (χ0n) is 11.3. The maximum absolute atomic E-state index is 14.1. The van der Waals surface area contributed by atoms with E-state index in [2.05, 4.69) is 4.98 Å². The number of aryl methyl sites for hydroxylation is 2. The molecule has 0 spiro atoms. The number of fused-ring (bicyclic) bond motifs is 1. The van der Waals surface area contributed by atoms with Crippen LogP contribution in [0.25, 0.3) is 11.0 Å². The molecule has 1 atom stereocenters. The van der Waals surface area contributed by atoms with E-state index in [1.807, 2.05) is 16.8 Å². The van der Waals surface area contributed by atoms with Gasteiger partial charge in [0, 0.05) is 6.54 Å². The molecule has 0 saturated carbocycles. The minimum atomic E-state index is -0.868. The van der Waals surface area contributed by atoms with E-state index >= 15 is 0 Å². The Labute approximate surface area is 130 Å². The fourth-order valence-corrected chi connectivity index (χ4v) is 3.25. The lowest BCUT2D eigenvalue weighted by atomic mass is 10.2. The molecule has 1 unspecified atom stereocenters. The van der Waals surface area contributed by atoms with Gasteiger partial charge in [-0.2, -0.15) is 11.3 Å². The smallest absolute Gasteiger partial charge is 0.184 e. The van der Waals surface area contributed by atoms with Crippen LogP contribution in [0.15, 0.2) is 29.0 Å². The number of nitrogens with zero attached hydrogens (tertiary/aromatic N) is 2. The second kappa shape index (κ2) is 5.73. The molecule has 0 radical (unpaired) electrons. The molecule has 2 nitrogen and oxygen atoms in total. The fraction of sp³-hybridized carbons (Fsp3) is 0.267. The Morgan fingerprint density at radius 2 is 2.14 bits per heavy atom. The van der Waals surface area contributed by atoms with E-state index in [0.29, 0.717) is 17.9 Å². The first-order valence-corrected chi connectivity index (χ1v) is 7.95. The summed E-state index contributed by atoms with van der Waals surface area (Å²) in [7, 11) is 0. The second-order valence-corrected chi connectivity index (χ2v) is 6.28. The van der Waals surface area contributed by atoms with E-state index in [1.54, 1.807) is 22.8 Å². The van der Waals surface area contributed by atoms with Crippen molar-refractivity contribution in [1.29, 1.82) is 0 Å². The highest BCUT2D eigenvalue weighted by Gasteiger charge is 2.19. The molecule has 0 fully saturated rings. The first-order chi connectivity index (χ1) is 10.1. The van der Waals surface area contributed by atoms with Gasteiger partial charge in [-0.05, 0) is 47.9 Å². The highest BCUT2D eigenvalue weighted by atomic mass is 35.5. The maximum atomic E-state index is 14.1. The normalized spacial score (nSPS) is 13.0.